The van der Waals surface area contributed by atoms with E-state index < -0.39 is 6.09 Å². The lowest BCUT2D eigenvalue weighted by molar-refractivity contribution is 0.156. The fourth-order valence-corrected chi connectivity index (χ4v) is 0.532. The molecular weight excluding hydrogens is 162 g/mol. The summed E-state index contributed by atoms with van der Waals surface area (Å²) in [5.41, 5.74) is 2.28. The topological polar surface area (TPSA) is 104 Å². The molecule has 1 heterocycles. The van der Waals surface area contributed by atoms with Gasteiger partial charge in [-0.3, -0.25) is 5.43 Å². The summed E-state index contributed by atoms with van der Waals surface area (Å²) >= 11 is 0. The molecule has 4 N–H and O–H groups in total. The highest BCUT2D eigenvalue weighted by Gasteiger charge is 2.05. The van der Waals surface area contributed by atoms with Crippen LogP contribution < -0.4 is 11.3 Å². The number of anilines is 1. The van der Waals surface area contributed by atoms with Crippen molar-refractivity contribution in [1.82, 2.24) is 15.3 Å². The van der Waals surface area contributed by atoms with Crippen molar-refractivity contribution in [1.29, 1.82) is 0 Å². The van der Waals surface area contributed by atoms with Crippen LogP contribution in [0.4, 0.5) is 10.6 Å². The molecular formula is C5H7N5O2. The van der Waals surface area contributed by atoms with E-state index >= 15 is 0 Å². The molecule has 7 nitrogen and oxygen atoms in total. The maximum atomic E-state index is 10.2. The zero-order valence-corrected chi connectivity index (χ0v) is 6.01. The predicted octanol–water partition coefficient (Wildman–Crippen LogP) is -0.343. The molecule has 0 aliphatic heterocycles. The molecule has 1 aromatic heterocycles. The van der Waals surface area contributed by atoms with Crippen LogP contribution in [-0.2, 0) is 0 Å². The zero-order chi connectivity index (χ0) is 8.97. The highest BCUT2D eigenvalue weighted by molar-refractivity contribution is 5.65. The van der Waals surface area contributed by atoms with E-state index in [2.05, 4.69) is 15.6 Å². The fraction of sp³-hybridized carbons (Fsp3) is 0. The molecule has 0 spiro atoms. The van der Waals surface area contributed by atoms with Crippen LogP contribution in [0.1, 0.15) is 0 Å². The van der Waals surface area contributed by atoms with Crippen LogP contribution in [0.15, 0.2) is 18.3 Å². The minimum Gasteiger partial charge on any atom is -0.463 e. The average Bonchev–Trinajstić information content (AvgIpc) is 2.06. The van der Waals surface area contributed by atoms with Crippen molar-refractivity contribution in [2.24, 2.45) is 5.84 Å². The molecule has 0 atom stereocenters. The van der Waals surface area contributed by atoms with Crippen molar-refractivity contribution >= 4 is 11.9 Å². The number of carbonyl (C=O) groups is 1. The Morgan fingerprint density at radius 2 is 2.50 bits per heavy atom. The number of nitrogens with two attached hydrogens (primary N) is 1. The molecule has 0 unspecified atom stereocenters. The van der Waals surface area contributed by atoms with Crippen LogP contribution in [0, 0.1) is 0 Å². The van der Waals surface area contributed by atoms with Crippen molar-refractivity contribution < 1.29 is 9.90 Å². The molecule has 64 valence electrons. The standard InChI is InChI=1S/C5H7N5O2/c6-10(5(11)12)9-4-2-1-3-7-8-4/h1-3H,6H2,(H,8,9)(H,11,12). The van der Waals surface area contributed by atoms with Crippen LogP contribution >= 0.6 is 0 Å². The SMILES string of the molecule is NN(Nc1cccnn1)C(=O)O. The van der Waals surface area contributed by atoms with Crippen LogP contribution in [0.2, 0.25) is 0 Å². The van der Waals surface area contributed by atoms with Gasteiger partial charge in [-0.05, 0) is 12.1 Å². The van der Waals surface area contributed by atoms with Gasteiger partial charge in [-0.2, -0.15) is 5.10 Å². The molecule has 0 saturated carbocycles. The number of hydrogen-bond donors (Lipinski definition) is 3. The highest BCUT2D eigenvalue weighted by atomic mass is 16.4. The monoisotopic (exact) mass is 169 g/mol. The second-order valence-corrected chi connectivity index (χ2v) is 1.87. The van der Waals surface area contributed by atoms with E-state index in [1.807, 2.05) is 0 Å². The van der Waals surface area contributed by atoms with E-state index in [0.29, 0.717) is 5.12 Å². The maximum absolute atomic E-state index is 10.2. The van der Waals surface area contributed by atoms with Crippen LogP contribution in [0.25, 0.3) is 0 Å². The van der Waals surface area contributed by atoms with Crippen molar-refractivity contribution in [2.75, 3.05) is 5.43 Å². The van der Waals surface area contributed by atoms with Crippen molar-refractivity contribution in [3.8, 4) is 0 Å². The molecule has 0 bridgehead atoms. The Hall–Kier alpha value is -1.89. The third kappa shape index (κ3) is 2.06. The van der Waals surface area contributed by atoms with Gasteiger partial charge in [0.15, 0.2) is 5.82 Å². The summed E-state index contributed by atoms with van der Waals surface area (Å²) in [6.45, 7) is 0. The van der Waals surface area contributed by atoms with Crippen molar-refractivity contribution in [3.05, 3.63) is 18.3 Å². The second kappa shape index (κ2) is 3.49. The Labute approximate surface area is 67.7 Å². The van der Waals surface area contributed by atoms with Crippen molar-refractivity contribution in [3.63, 3.8) is 0 Å². The molecule has 12 heavy (non-hydrogen) atoms. The molecule has 0 fully saturated rings. The Balaban J connectivity index is 2.58. The van der Waals surface area contributed by atoms with Gasteiger partial charge in [0, 0.05) is 6.20 Å². The fourth-order valence-electron chi connectivity index (χ4n) is 0.532. The smallest absolute Gasteiger partial charge is 0.441 e. The van der Waals surface area contributed by atoms with Gasteiger partial charge in [-0.1, -0.05) is 0 Å². The summed E-state index contributed by atoms with van der Waals surface area (Å²) in [6.07, 6.45) is 0.160. The van der Waals surface area contributed by atoms with Crippen LogP contribution in [0.5, 0.6) is 0 Å². The minimum atomic E-state index is -1.30. The van der Waals surface area contributed by atoms with Gasteiger partial charge >= 0.3 is 6.09 Å². The lowest BCUT2D eigenvalue weighted by Gasteiger charge is -2.12. The summed E-state index contributed by atoms with van der Waals surface area (Å²) in [5, 5.41) is 15.8. The molecule has 1 aromatic rings. The van der Waals surface area contributed by atoms with Gasteiger partial charge in [-0.15, -0.1) is 10.2 Å². The summed E-state index contributed by atoms with van der Waals surface area (Å²) in [5.74, 6) is 5.27. The highest BCUT2D eigenvalue weighted by Crippen LogP contribution is 1.97. The van der Waals surface area contributed by atoms with Crippen molar-refractivity contribution in [2.45, 2.75) is 0 Å². The number of hydrogen-bond acceptors (Lipinski definition) is 5. The van der Waals surface area contributed by atoms with Crippen LogP contribution in [-0.4, -0.2) is 26.5 Å². The number of aromatic nitrogens is 2. The van der Waals surface area contributed by atoms with Gasteiger partial charge in [-0.25, -0.2) is 10.6 Å². The van der Waals surface area contributed by atoms with Crippen LogP contribution in [0.3, 0.4) is 0 Å². The summed E-state index contributed by atoms with van der Waals surface area (Å²) < 4.78 is 0. The molecule has 7 heteroatoms. The molecule has 0 aromatic carbocycles. The second-order valence-electron chi connectivity index (χ2n) is 1.87. The molecule has 0 aliphatic carbocycles. The van der Waals surface area contributed by atoms with E-state index in [1.54, 1.807) is 6.07 Å². The first-order chi connectivity index (χ1) is 5.70. The number of hydrazine groups is 2. The van der Waals surface area contributed by atoms with E-state index in [-0.39, 0.29) is 5.82 Å². The largest absolute Gasteiger partial charge is 0.463 e. The first-order valence-electron chi connectivity index (χ1n) is 3.02. The number of amides is 1. The third-order valence-electron chi connectivity index (χ3n) is 1.01. The first-order valence-corrected chi connectivity index (χ1v) is 3.02. The van der Waals surface area contributed by atoms with Gasteiger partial charge < -0.3 is 5.11 Å². The molecule has 1 rings (SSSR count). The summed E-state index contributed by atoms with van der Waals surface area (Å²) in [6, 6.07) is 3.14. The lowest BCUT2D eigenvalue weighted by atomic mass is 10.5. The first kappa shape index (κ1) is 8.21. The number of nitrogens with zero attached hydrogens (tertiary/aromatic N) is 3. The Morgan fingerprint density at radius 1 is 1.75 bits per heavy atom. The van der Waals surface area contributed by atoms with Gasteiger partial charge in [0.2, 0.25) is 0 Å². The zero-order valence-electron chi connectivity index (χ0n) is 6.01. The van der Waals surface area contributed by atoms with Gasteiger partial charge in [0.05, 0.1) is 0 Å². The predicted molar refractivity (Wildman–Crippen MR) is 39.7 cm³/mol. The lowest BCUT2D eigenvalue weighted by Crippen LogP contribution is -2.41. The Bertz CT molecular complexity index is 264. The van der Waals surface area contributed by atoms with E-state index in [4.69, 9.17) is 10.9 Å². The summed E-state index contributed by atoms with van der Waals surface area (Å²) in [4.78, 5) is 10.2. The van der Waals surface area contributed by atoms with E-state index in [1.165, 1.54) is 12.3 Å². The van der Waals surface area contributed by atoms with E-state index in [0.717, 1.165) is 0 Å². The molecule has 0 aliphatic rings. The summed E-state index contributed by atoms with van der Waals surface area (Å²) in [7, 11) is 0. The Kier molecular flexibility index (Phi) is 2.38. The number of rotatable bonds is 2. The quantitative estimate of drug-likeness (QED) is 0.317. The minimum absolute atomic E-state index is 0.266. The molecule has 0 saturated heterocycles. The Morgan fingerprint density at radius 3 is 3.00 bits per heavy atom. The number of nitrogens with one attached hydrogen (secondary N) is 1. The molecule has 1 amide bonds. The van der Waals surface area contributed by atoms with Gasteiger partial charge in [0.1, 0.15) is 0 Å². The maximum Gasteiger partial charge on any atom is 0.441 e. The number of carboxylic acid groups (broad SMARTS) is 1. The van der Waals surface area contributed by atoms with E-state index in [9.17, 15) is 4.79 Å². The average molecular weight is 169 g/mol. The normalized spacial score (nSPS) is 9.08. The molecule has 0 radical (unpaired) electrons. The third-order valence-corrected chi connectivity index (χ3v) is 1.01. The van der Waals surface area contributed by atoms with Gasteiger partial charge in [0.25, 0.3) is 0 Å².